The molecule has 0 aromatic carbocycles. The number of halogens is 1. The van der Waals surface area contributed by atoms with Gasteiger partial charge in [0, 0.05) is 12.4 Å². The van der Waals surface area contributed by atoms with E-state index in [1.54, 1.807) is 12.4 Å². The van der Waals surface area contributed by atoms with Crippen LogP contribution in [0.15, 0.2) is 16.9 Å². The zero-order valence-corrected chi connectivity index (χ0v) is 7.17. The molecule has 1 heterocycles. The summed E-state index contributed by atoms with van der Waals surface area (Å²) in [5.74, 6) is 0.670. The van der Waals surface area contributed by atoms with Crippen LogP contribution in [0.1, 0.15) is 18.8 Å². The van der Waals surface area contributed by atoms with Crippen LogP contribution in [0.25, 0.3) is 0 Å². The topological polar surface area (TPSA) is 51.8 Å². The summed E-state index contributed by atoms with van der Waals surface area (Å²) >= 11 is 3.23. The highest BCUT2D eigenvalue weighted by Gasteiger charge is 1.99. The third kappa shape index (κ3) is 1.75. The molecule has 0 saturated heterocycles. The fourth-order valence-corrected chi connectivity index (χ4v) is 0.762. The summed E-state index contributed by atoms with van der Waals surface area (Å²) in [7, 11) is 0. The Hall–Kier alpha value is -0.480. The lowest BCUT2D eigenvalue weighted by Crippen LogP contribution is -2.08. The lowest BCUT2D eigenvalue weighted by Gasteiger charge is -2.00. The normalized spacial score (nSPS) is 13.1. The molecule has 0 bridgehead atoms. The minimum absolute atomic E-state index is 0.0897. The van der Waals surface area contributed by atoms with E-state index in [2.05, 4.69) is 25.9 Å². The minimum atomic E-state index is -0.0897. The molecule has 0 aliphatic carbocycles. The van der Waals surface area contributed by atoms with Crippen molar-refractivity contribution in [3.8, 4) is 0 Å². The Bertz CT molecular complexity index is 207. The molecule has 0 aliphatic heterocycles. The van der Waals surface area contributed by atoms with Crippen LogP contribution in [0.5, 0.6) is 0 Å². The first-order valence-corrected chi connectivity index (χ1v) is 3.72. The highest BCUT2D eigenvalue weighted by molar-refractivity contribution is 9.10. The summed E-state index contributed by atoms with van der Waals surface area (Å²) in [6.45, 7) is 1.85. The molecule has 0 fully saturated rings. The van der Waals surface area contributed by atoms with E-state index < -0.39 is 0 Å². The molecule has 54 valence electrons. The van der Waals surface area contributed by atoms with Crippen molar-refractivity contribution < 1.29 is 0 Å². The first-order chi connectivity index (χ1) is 4.70. The van der Waals surface area contributed by atoms with Crippen molar-refractivity contribution >= 4 is 15.9 Å². The van der Waals surface area contributed by atoms with Gasteiger partial charge in [0.2, 0.25) is 0 Å². The van der Waals surface area contributed by atoms with Crippen LogP contribution in [0.3, 0.4) is 0 Å². The number of nitrogens with two attached hydrogens (primary N) is 1. The minimum Gasteiger partial charge on any atom is -0.322 e. The molecule has 1 atom stereocenters. The molecule has 0 amide bonds. The first-order valence-electron chi connectivity index (χ1n) is 2.93. The molecule has 0 saturated carbocycles. The maximum absolute atomic E-state index is 5.52. The lowest BCUT2D eigenvalue weighted by atomic mass is 10.3. The van der Waals surface area contributed by atoms with E-state index >= 15 is 0 Å². The average molecular weight is 202 g/mol. The van der Waals surface area contributed by atoms with Gasteiger partial charge in [0.05, 0.1) is 10.5 Å². The van der Waals surface area contributed by atoms with Crippen LogP contribution in [0.2, 0.25) is 0 Å². The van der Waals surface area contributed by atoms with E-state index in [4.69, 9.17) is 5.73 Å². The molecule has 3 nitrogen and oxygen atoms in total. The summed E-state index contributed by atoms with van der Waals surface area (Å²) in [5, 5.41) is 0. The molecule has 4 heteroatoms. The van der Waals surface area contributed by atoms with Crippen LogP contribution < -0.4 is 5.73 Å². The van der Waals surface area contributed by atoms with Crippen molar-refractivity contribution in [3.63, 3.8) is 0 Å². The molecule has 1 aromatic heterocycles. The lowest BCUT2D eigenvalue weighted by molar-refractivity contribution is 0.737. The fourth-order valence-electron chi connectivity index (χ4n) is 0.557. The highest BCUT2D eigenvalue weighted by Crippen LogP contribution is 2.07. The van der Waals surface area contributed by atoms with Gasteiger partial charge in [-0.2, -0.15) is 0 Å². The monoisotopic (exact) mass is 201 g/mol. The standard InChI is InChI=1S/C6H8BrN3/c1-4(8)6-9-2-5(7)3-10-6/h2-4H,8H2,1H3/t4-/m0/s1. The van der Waals surface area contributed by atoms with Gasteiger partial charge in [-0.25, -0.2) is 9.97 Å². The van der Waals surface area contributed by atoms with Crippen molar-refractivity contribution in [2.24, 2.45) is 5.73 Å². The van der Waals surface area contributed by atoms with Crippen LogP contribution in [0.4, 0.5) is 0 Å². The Morgan fingerprint density at radius 3 is 2.40 bits per heavy atom. The van der Waals surface area contributed by atoms with E-state index in [9.17, 15) is 0 Å². The molecule has 10 heavy (non-hydrogen) atoms. The SMILES string of the molecule is C[C@H](N)c1ncc(Br)cn1. The Kier molecular flexibility index (Phi) is 2.34. The quantitative estimate of drug-likeness (QED) is 0.745. The molecule has 0 unspecified atom stereocenters. The van der Waals surface area contributed by atoms with Crippen LogP contribution >= 0.6 is 15.9 Å². The van der Waals surface area contributed by atoms with E-state index in [1.807, 2.05) is 6.92 Å². The third-order valence-electron chi connectivity index (χ3n) is 1.05. The second-order valence-electron chi connectivity index (χ2n) is 2.05. The highest BCUT2D eigenvalue weighted by atomic mass is 79.9. The number of aromatic nitrogens is 2. The molecular formula is C6H8BrN3. The van der Waals surface area contributed by atoms with E-state index in [-0.39, 0.29) is 6.04 Å². The molecule has 0 spiro atoms. The molecule has 0 aliphatic rings. The van der Waals surface area contributed by atoms with Crippen LogP contribution in [0, 0.1) is 0 Å². The maximum Gasteiger partial charge on any atom is 0.144 e. The Balaban J connectivity index is 2.89. The number of rotatable bonds is 1. The van der Waals surface area contributed by atoms with Gasteiger partial charge in [0.15, 0.2) is 0 Å². The van der Waals surface area contributed by atoms with E-state index in [0.717, 1.165) is 4.47 Å². The van der Waals surface area contributed by atoms with Gasteiger partial charge in [0.25, 0.3) is 0 Å². The summed E-state index contributed by atoms with van der Waals surface area (Å²) in [6, 6.07) is -0.0897. The smallest absolute Gasteiger partial charge is 0.144 e. The average Bonchev–Trinajstić information content (AvgIpc) is 1.88. The van der Waals surface area contributed by atoms with Gasteiger partial charge in [-0.3, -0.25) is 0 Å². The van der Waals surface area contributed by atoms with E-state index in [1.165, 1.54) is 0 Å². The fraction of sp³-hybridized carbons (Fsp3) is 0.333. The van der Waals surface area contributed by atoms with Gasteiger partial charge in [0.1, 0.15) is 5.82 Å². The Labute approximate surface area is 67.8 Å². The largest absolute Gasteiger partial charge is 0.322 e. The zero-order valence-electron chi connectivity index (χ0n) is 5.58. The molecule has 2 N–H and O–H groups in total. The molecule has 1 aromatic rings. The predicted molar refractivity (Wildman–Crippen MR) is 42.3 cm³/mol. The van der Waals surface area contributed by atoms with Gasteiger partial charge >= 0.3 is 0 Å². The van der Waals surface area contributed by atoms with Crippen molar-refractivity contribution in [1.82, 2.24) is 9.97 Å². The number of hydrogen-bond donors (Lipinski definition) is 1. The van der Waals surface area contributed by atoms with Gasteiger partial charge in [-0.15, -0.1) is 0 Å². The van der Waals surface area contributed by atoms with Crippen molar-refractivity contribution in [1.29, 1.82) is 0 Å². The first kappa shape index (κ1) is 7.63. The van der Waals surface area contributed by atoms with Gasteiger partial charge in [-0.1, -0.05) is 0 Å². The molecule has 0 radical (unpaired) electrons. The maximum atomic E-state index is 5.52. The zero-order chi connectivity index (χ0) is 7.56. The molecule has 1 rings (SSSR count). The van der Waals surface area contributed by atoms with Crippen LogP contribution in [-0.4, -0.2) is 9.97 Å². The van der Waals surface area contributed by atoms with Gasteiger partial charge < -0.3 is 5.73 Å². The summed E-state index contributed by atoms with van der Waals surface area (Å²) in [4.78, 5) is 7.99. The van der Waals surface area contributed by atoms with Crippen LogP contribution in [-0.2, 0) is 0 Å². The summed E-state index contributed by atoms with van der Waals surface area (Å²) < 4.78 is 0.872. The second-order valence-corrected chi connectivity index (χ2v) is 2.96. The summed E-state index contributed by atoms with van der Waals surface area (Å²) in [6.07, 6.45) is 3.37. The molecular weight excluding hydrogens is 194 g/mol. The Morgan fingerprint density at radius 1 is 1.50 bits per heavy atom. The Morgan fingerprint density at radius 2 is 2.00 bits per heavy atom. The predicted octanol–water partition coefficient (Wildman–Crippen LogP) is 1.26. The summed E-state index contributed by atoms with van der Waals surface area (Å²) in [5.41, 5.74) is 5.52. The van der Waals surface area contributed by atoms with Crippen molar-refractivity contribution in [2.45, 2.75) is 13.0 Å². The third-order valence-corrected chi connectivity index (χ3v) is 1.46. The number of nitrogens with zero attached hydrogens (tertiary/aromatic N) is 2. The second kappa shape index (κ2) is 3.07. The van der Waals surface area contributed by atoms with Crippen molar-refractivity contribution in [2.75, 3.05) is 0 Å². The van der Waals surface area contributed by atoms with Crippen molar-refractivity contribution in [3.05, 3.63) is 22.7 Å². The number of hydrogen-bond acceptors (Lipinski definition) is 3. The van der Waals surface area contributed by atoms with E-state index in [0.29, 0.717) is 5.82 Å². The van der Waals surface area contributed by atoms with Gasteiger partial charge in [-0.05, 0) is 22.9 Å².